The largest absolute Gasteiger partial charge is 0.490 e. The monoisotopic (exact) mass is 509 g/mol. The first-order valence-corrected chi connectivity index (χ1v) is 11.9. The molecule has 0 bridgehead atoms. The number of carbonyl (C=O) groups is 1. The smallest absolute Gasteiger partial charge is 0.433 e. The number of amides is 1. The number of alkyl halides is 3. The Balaban J connectivity index is 1.70. The second kappa shape index (κ2) is 9.72. The Labute approximate surface area is 192 Å². The van der Waals surface area contributed by atoms with E-state index in [1.165, 1.54) is 13.0 Å². The number of aromatic nitrogens is 1. The number of hydrogen-bond donors (Lipinski definition) is 1. The minimum atomic E-state index is -4.53. The van der Waals surface area contributed by atoms with Crippen molar-refractivity contribution in [1.29, 1.82) is 0 Å². The number of benzene rings is 1. The van der Waals surface area contributed by atoms with Crippen LogP contribution in [0, 0.1) is 5.82 Å². The van der Waals surface area contributed by atoms with Gasteiger partial charge in [-0.2, -0.15) is 13.2 Å². The fraction of sp³-hybridized carbons (Fsp3) is 0.400. The quantitative estimate of drug-likeness (QED) is 0.567. The molecule has 180 valence electrons. The van der Waals surface area contributed by atoms with Gasteiger partial charge in [-0.1, -0.05) is 11.6 Å². The summed E-state index contributed by atoms with van der Waals surface area (Å²) >= 11 is 6.10. The van der Waals surface area contributed by atoms with Crippen LogP contribution >= 0.6 is 11.6 Å². The Bertz CT molecular complexity index is 1130. The van der Waals surface area contributed by atoms with E-state index in [9.17, 15) is 30.8 Å². The normalized spacial score (nSPS) is 16.7. The highest BCUT2D eigenvalue weighted by atomic mass is 35.5. The zero-order valence-corrected chi connectivity index (χ0v) is 18.9. The Hall–Kier alpha value is -2.60. The minimum absolute atomic E-state index is 0.0515. The molecular weight excluding hydrogens is 490 g/mol. The Morgan fingerprint density at radius 2 is 2.06 bits per heavy atom. The van der Waals surface area contributed by atoms with Crippen molar-refractivity contribution >= 4 is 33.2 Å². The van der Waals surface area contributed by atoms with Gasteiger partial charge in [0.05, 0.1) is 34.3 Å². The van der Waals surface area contributed by atoms with Crippen molar-refractivity contribution in [2.45, 2.75) is 32.0 Å². The van der Waals surface area contributed by atoms with Crippen LogP contribution in [0.3, 0.4) is 0 Å². The predicted molar refractivity (Wildman–Crippen MR) is 113 cm³/mol. The molecule has 13 heteroatoms. The summed E-state index contributed by atoms with van der Waals surface area (Å²) in [6.45, 7) is 1.95. The maximum atomic E-state index is 14.4. The summed E-state index contributed by atoms with van der Waals surface area (Å²) < 4.78 is 83.1. The third-order valence-electron chi connectivity index (χ3n) is 5.07. The van der Waals surface area contributed by atoms with E-state index < -0.39 is 39.2 Å². The van der Waals surface area contributed by atoms with Crippen LogP contribution in [0.2, 0.25) is 5.02 Å². The van der Waals surface area contributed by atoms with E-state index in [1.807, 2.05) is 4.90 Å². The van der Waals surface area contributed by atoms with E-state index in [4.69, 9.17) is 16.3 Å². The van der Waals surface area contributed by atoms with Crippen molar-refractivity contribution in [2.75, 3.05) is 23.8 Å². The third-order valence-corrected chi connectivity index (χ3v) is 6.62. The van der Waals surface area contributed by atoms with Crippen LogP contribution in [0.5, 0.6) is 5.75 Å². The number of nitrogens with zero attached hydrogens (tertiary/aromatic N) is 2. The number of rotatable bonds is 7. The van der Waals surface area contributed by atoms with E-state index in [0.717, 1.165) is 30.8 Å². The highest BCUT2D eigenvalue weighted by molar-refractivity contribution is 7.90. The van der Waals surface area contributed by atoms with Crippen molar-refractivity contribution < 1.29 is 35.5 Å². The zero-order valence-electron chi connectivity index (χ0n) is 17.3. The zero-order chi connectivity index (χ0) is 24.4. The van der Waals surface area contributed by atoms with Gasteiger partial charge in [0.25, 0.3) is 5.91 Å². The number of nitrogens with one attached hydrogen (secondary N) is 1. The van der Waals surface area contributed by atoms with Crippen LogP contribution in [-0.2, 0) is 16.2 Å². The average molecular weight is 510 g/mol. The second-order valence-electron chi connectivity index (χ2n) is 7.30. The third kappa shape index (κ3) is 6.05. The molecule has 7 nitrogen and oxygen atoms in total. The van der Waals surface area contributed by atoms with Crippen molar-refractivity contribution in [3.05, 3.63) is 52.6 Å². The van der Waals surface area contributed by atoms with Crippen LogP contribution in [0.15, 0.2) is 30.5 Å². The SMILES string of the molecule is CCS(=O)(=O)NC(=O)c1cc(Cl)c(OC[C@H]2CCCN2c2ccc(C(F)(F)F)nc2)cc1F. The van der Waals surface area contributed by atoms with Crippen LogP contribution in [0.4, 0.5) is 23.2 Å². The molecule has 0 aliphatic carbocycles. The van der Waals surface area contributed by atoms with Gasteiger partial charge in [0.2, 0.25) is 10.0 Å². The summed E-state index contributed by atoms with van der Waals surface area (Å²) in [5.41, 5.74) is -1.05. The van der Waals surface area contributed by atoms with Crippen LogP contribution < -0.4 is 14.4 Å². The first kappa shape index (κ1) is 25.0. The molecule has 1 aromatic carbocycles. The Morgan fingerprint density at radius 3 is 2.67 bits per heavy atom. The summed E-state index contributed by atoms with van der Waals surface area (Å²) in [6, 6.07) is 3.87. The molecular formula is C20H20ClF4N3O4S. The van der Waals surface area contributed by atoms with Crippen LogP contribution in [0.1, 0.15) is 35.8 Å². The summed E-state index contributed by atoms with van der Waals surface area (Å²) in [4.78, 5) is 17.4. The number of carbonyl (C=O) groups excluding carboxylic acids is 1. The second-order valence-corrected chi connectivity index (χ2v) is 9.72. The molecule has 1 aliphatic heterocycles. The molecule has 1 N–H and O–H groups in total. The fourth-order valence-electron chi connectivity index (χ4n) is 3.34. The van der Waals surface area contributed by atoms with E-state index in [2.05, 4.69) is 4.98 Å². The molecule has 2 heterocycles. The Morgan fingerprint density at radius 1 is 1.33 bits per heavy atom. The number of halogens is 5. The molecule has 2 aromatic rings. The van der Waals surface area contributed by atoms with Gasteiger partial charge in [0, 0.05) is 12.6 Å². The molecule has 1 amide bonds. The lowest BCUT2D eigenvalue weighted by Crippen LogP contribution is -2.34. The first-order valence-electron chi connectivity index (χ1n) is 9.88. The standard InChI is InChI=1S/C20H20ClF4N3O4S/c1-2-33(30,31)27-19(29)14-8-15(21)17(9-16(14)22)32-11-13-4-3-7-28(13)12-5-6-18(26-10-12)20(23,24)25/h5-6,8-10,13H,2-4,7,11H2,1H3,(H,27,29)/t13-/m1/s1. The summed E-state index contributed by atoms with van der Waals surface area (Å²) in [6.07, 6.45) is -1.94. The molecule has 1 saturated heterocycles. The lowest BCUT2D eigenvalue weighted by molar-refractivity contribution is -0.141. The summed E-state index contributed by atoms with van der Waals surface area (Å²) in [5, 5.41) is -0.101. The van der Waals surface area contributed by atoms with Crippen molar-refractivity contribution in [3.63, 3.8) is 0 Å². The van der Waals surface area contributed by atoms with Gasteiger partial charge < -0.3 is 9.64 Å². The number of ether oxygens (including phenoxy) is 1. The van der Waals surface area contributed by atoms with Gasteiger partial charge >= 0.3 is 6.18 Å². The van der Waals surface area contributed by atoms with Gasteiger partial charge in [-0.05, 0) is 38.0 Å². The lowest BCUT2D eigenvalue weighted by Gasteiger charge is -2.27. The molecule has 1 aromatic heterocycles. The van der Waals surface area contributed by atoms with E-state index >= 15 is 0 Å². The van der Waals surface area contributed by atoms with E-state index in [0.29, 0.717) is 18.7 Å². The van der Waals surface area contributed by atoms with Gasteiger partial charge in [0.1, 0.15) is 23.9 Å². The van der Waals surface area contributed by atoms with Crippen molar-refractivity contribution in [3.8, 4) is 5.75 Å². The number of sulfonamides is 1. The minimum Gasteiger partial charge on any atom is -0.490 e. The van der Waals surface area contributed by atoms with Crippen molar-refractivity contribution in [1.82, 2.24) is 9.71 Å². The summed E-state index contributed by atoms with van der Waals surface area (Å²) in [7, 11) is -3.88. The predicted octanol–water partition coefficient (Wildman–Crippen LogP) is 4.02. The molecule has 0 saturated carbocycles. The summed E-state index contributed by atoms with van der Waals surface area (Å²) in [5.74, 6) is -2.59. The van der Waals surface area contributed by atoms with Crippen LogP contribution in [-0.4, -0.2) is 44.3 Å². The highest BCUT2D eigenvalue weighted by Gasteiger charge is 2.33. The molecule has 1 atom stereocenters. The number of hydrogen-bond acceptors (Lipinski definition) is 6. The lowest BCUT2D eigenvalue weighted by atomic mass is 10.2. The van der Waals surface area contributed by atoms with E-state index in [-0.39, 0.29) is 29.2 Å². The number of pyridine rings is 1. The fourth-order valence-corrected chi connectivity index (χ4v) is 4.10. The maximum absolute atomic E-state index is 14.4. The molecule has 0 spiro atoms. The van der Waals surface area contributed by atoms with Crippen molar-refractivity contribution in [2.24, 2.45) is 0 Å². The van der Waals surface area contributed by atoms with Gasteiger partial charge in [-0.25, -0.2) is 22.5 Å². The maximum Gasteiger partial charge on any atom is 0.433 e. The Kier molecular flexibility index (Phi) is 7.37. The topological polar surface area (TPSA) is 88.6 Å². The molecule has 1 fully saturated rings. The van der Waals surface area contributed by atoms with Gasteiger partial charge in [0.15, 0.2) is 0 Å². The molecule has 1 aliphatic rings. The van der Waals surface area contributed by atoms with Crippen LogP contribution in [0.25, 0.3) is 0 Å². The average Bonchev–Trinajstić information content (AvgIpc) is 3.21. The molecule has 3 rings (SSSR count). The van der Waals surface area contributed by atoms with Gasteiger partial charge in [-0.15, -0.1) is 0 Å². The number of anilines is 1. The van der Waals surface area contributed by atoms with E-state index in [1.54, 1.807) is 4.72 Å². The highest BCUT2D eigenvalue weighted by Crippen LogP contribution is 2.32. The van der Waals surface area contributed by atoms with Gasteiger partial charge in [-0.3, -0.25) is 4.79 Å². The molecule has 0 unspecified atom stereocenters. The molecule has 0 radical (unpaired) electrons. The molecule has 33 heavy (non-hydrogen) atoms. The first-order chi connectivity index (χ1) is 15.4.